The first-order chi connectivity index (χ1) is 12.6. The Hall–Kier alpha value is -1.80. The normalized spacial score (nSPS) is 24.5. The molecule has 7 nitrogen and oxygen atoms in total. The number of hydrogen-bond donors (Lipinski definition) is 3. The molecular formula is C19H27N3O4. The van der Waals surface area contributed by atoms with E-state index in [1.165, 1.54) is 0 Å². The smallest absolute Gasteiger partial charge is 0.213 e. The van der Waals surface area contributed by atoms with Gasteiger partial charge in [0.25, 0.3) is 0 Å². The number of fused-ring (bicyclic) bond motifs is 1. The second-order valence-electron chi connectivity index (χ2n) is 6.84. The molecule has 1 fully saturated rings. The van der Waals surface area contributed by atoms with E-state index in [4.69, 9.17) is 20.3 Å². The van der Waals surface area contributed by atoms with Gasteiger partial charge in [-0.25, -0.2) is 4.98 Å². The Morgan fingerprint density at radius 1 is 1.35 bits per heavy atom. The van der Waals surface area contributed by atoms with Crippen molar-refractivity contribution in [2.75, 3.05) is 13.7 Å². The van der Waals surface area contributed by atoms with Gasteiger partial charge in [0, 0.05) is 24.7 Å². The Balaban J connectivity index is 1.66. The number of aromatic nitrogens is 2. The molecule has 0 aromatic carbocycles. The Morgan fingerprint density at radius 2 is 2.19 bits per heavy atom. The number of aliphatic hydroxyl groups excluding tert-OH is 2. The lowest BCUT2D eigenvalue weighted by molar-refractivity contribution is -0.0855. The van der Waals surface area contributed by atoms with Crippen LogP contribution in [-0.4, -0.2) is 58.3 Å². The van der Waals surface area contributed by atoms with Gasteiger partial charge < -0.3 is 25.4 Å². The molecule has 4 atom stereocenters. The fraction of sp³-hybridized carbons (Fsp3) is 0.579. The highest BCUT2D eigenvalue weighted by atomic mass is 16.5. The van der Waals surface area contributed by atoms with E-state index in [2.05, 4.69) is 9.97 Å². The highest BCUT2D eigenvalue weighted by Crippen LogP contribution is 2.26. The van der Waals surface area contributed by atoms with Crippen molar-refractivity contribution in [3.8, 4) is 5.88 Å². The van der Waals surface area contributed by atoms with E-state index in [1.54, 1.807) is 13.3 Å². The third kappa shape index (κ3) is 4.48. The topological polar surface area (TPSA) is 111 Å². The summed E-state index contributed by atoms with van der Waals surface area (Å²) in [5, 5.41) is 18.7. The SMILES string of the molecule is COc1ccc2nccc(CC[C@@H]3CC[C@@H](N)[C@@H](CC(O)CO)O3)c2n1. The summed E-state index contributed by atoms with van der Waals surface area (Å²) in [5.41, 5.74) is 8.92. The molecular weight excluding hydrogens is 334 g/mol. The number of ether oxygens (including phenoxy) is 2. The van der Waals surface area contributed by atoms with Crippen LogP contribution in [0.5, 0.6) is 5.88 Å². The van der Waals surface area contributed by atoms with Crippen LogP contribution < -0.4 is 10.5 Å². The molecule has 0 saturated carbocycles. The summed E-state index contributed by atoms with van der Waals surface area (Å²) >= 11 is 0. The number of aliphatic hydroxyl groups is 2. The van der Waals surface area contributed by atoms with Gasteiger partial charge in [0.1, 0.15) is 0 Å². The van der Waals surface area contributed by atoms with Gasteiger partial charge in [0.05, 0.1) is 43.1 Å². The molecule has 7 heteroatoms. The average Bonchev–Trinajstić information content (AvgIpc) is 2.67. The molecule has 0 bridgehead atoms. The first kappa shape index (κ1) is 19.0. The van der Waals surface area contributed by atoms with Crippen LogP contribution in [0, 0.1) is 0 Å². The monoisotopic (exact) mass is 361 g/mol. The largest absolute Gasteiger partial charge is 0.481 e. The lowest BCUT2D eigenvalue weighted by Crippen LogP contribution is -2.46. The fourth-order valence-electron chi connectivity index (χ4n) is 3.46. The zero-order chi connectivity index (χ0) is 18.5. The third-order valence-corrected chi connectivity index (χ3v) is 4.97. The number of methoxy groups -OCH3 is 1. The number of pyridine rings is 2. The van der Waals surface area contributed by atoms with Crippen LogP contribution in [0.2, 0.25) is 0 Å². The summed E-state index contributed by atoms with van der Waals surface area (Å²) in [7, 11) is 1.60. The zero-order valence-corrected chi connectivity index (χ0v) is 15.0. The van der Waals surface area contributed by atoms with Crippen molar-refractivity contribution in [2.24, 2.45) is 5.73 Å². The van der Waals surface area contributed by atoms with E-state index in [9.17, 15) is 5.11 Å². The lowest BCUT2D eigenvalue weighted by atomic mass is 9.93. The van der Waals surface area contributed by atoms with Crippen LogP contribution in [0.3, 0.4) is 0 Å². The third-order valence-electron chi connectivity index (χ3n) is 4.97. The van der Waals surface area contributed by atoms with E-state index in [0.29, 0.717) is 12.3 Å². The fourth-order valence-corrected chi connectivity index (χ4v) is 3.46. The molecule has 2 aromatic heterocycles. The summed E-state index contributed by atoms with van der Waals surface area (Å²) in [5.74, 6) is 0.574. The molecule has 2 aromatic rings. The molecule has 142 valence electrons. The highest BCUT2D eigenvalue weighted by Gasteiger charge is 2.30. The van der Waals surface area contributed by atoms with E-state index in [0.717, 1.165) is 42.3 Å². The summed E-state index contributed by atoms with van der Waals surface area (Å²) in [6.45, 7) is -0.270. The maximum absolute atomic E-state index is 9.68. The van der Waals surface area contributed by atoms with Gasteiger partial charge in [-0.15, -0.1) is 0 Å². The van der Waals surface area contributed by atoms with Crippen LogP contribution >= 0.6 is 0 Å². The van der Waals surface area contributed by atoms with Crippen molar-refractivity contribution in [1.82, 2.24) is 9.97 Å². The van der Waals surface area contributed by atoms with Crippen molar-refractivity contribution < 1.29 is 19.7 Å². The van der Waals surface area contributed by atoms with Crippen LogP contribution in [-0.2, 0) is 11.2 Å². The minimum absolute atomic E-state index is 0.0829. The van der Waals surface area contributed by atoms with Crippen LogP contribution in [0.1, 0.15) is 31.2 Å². The molecule has 0 radical (unpaired) electrons. The van der Waals surface area contributed by atoms with E-state index < -0.39 is 6.10 Å². The van der Waals surface area contributed by atoms with Gasteiger partial charge in [0.15, 0.2) is 0 Å². The number of rotatable bonds is 7. The minimum Gasteiger partial charge on any atom is -0.481 e. The lowest BCUT2D eigenvalue weighted by Gasteiger charge is -2.35. The zero-order valence-electron chi connectivity index (χ0n) is 15.0. The maximum Gasteiger partial charge on any atom is 0.213 e. The van der Waals surface area contributed by atoms with Gasteiger partial charge in [0.2, 0.25) is 5.88 Å². The molecule has 1 aliphatic heterocycles. The maximum atomic E-state index is 9.68. The molecule has 0 aliphatic carbocycles. The van der Waals surface area contributed by atoms with Crippen molar-refractivity contribution in [2.45, 2.75) is 56.5 Å². The van der Waals surface area contributed by atoms with Crippen LogP contribution in [0.15, 0.2) is 24.4 Å². The molecule has 4 N–H and O–H groups in total. The number of nitrogens with zero attached hydrogens (tertiary/aromatic N) is 2. The predicted molar refractivity (Wildman–Crippen MR) is 98.0 cm³/mol. The van der Waals surface area contributed by atoms with Gasteiger partial charge >= 0.3 is 0 Å². The molecule has 0 spiro atoms. The first-order valence-electron chi connectivity index (χ1n) is 9.09. The molecule has 1 unspecified atom stereocenters. The molecule has 1 saturated heterocycles. The summed E-state index contributed by atoms with van der Waals surface area (Å²) < 4.78 is 11.3. The summed E-state index contributed by atoms with van der Waals surface area (Å²) in [6, 6.07) is 5.60. The Kier molecular flexibility index (Phi) is 6.37. The van der Waals surface area contributed by atoms with Crippen LogP contribution in [0.25, 0.3) is 11.0 Å². The van der Waals surface area contributed by atoms with Crippen molar-refractivity contribution in [3.05, 3.63) is 30.0 Å². The molecule has 3 heterocycles. The summed E-state index contributed by atoms with van der Waals surface area (Å²) in [4.78, 5) is 8.89. The molecule has 26 heavy (non-hydrogen) atoms. The summed E-state index contributed by atoms with van der Waals surface area (Å²) in [6.07, 6.45) is 4.65. The van der Waals surface area contributed by atoms with Crippen molar-refractivity contribution in [1.29, 1.82) is 0 Å². The Labute approximate surface area is 153 Å². The predicted octanol–water partition coefficient (Wildman–Crippen LogP) is 1.19. The van der Waals surface area contributed by atoms with Crippen molar-refractivity contribution >= 4 is 11.0 Å². The number of aryl methyl sites for hydroxylation is 1. The Morgan fingerprint density at radius 3 is 2.96 bits per heavy atom. The number of hydrogen-bond acceptors (Lipinski definition) is 7. The minimum atomic E-state index is -0.786. The molecule has 0 amide bonds. The quantitative estimate of drug-likeness (QED) is 0.679. The molecule has 3 rings (SSSR count). The van der Waals surface area contributed by atoms with Crippen molar-refractivity contribution in [3.63, 3.8) is 0 Å². The highest BCUT2D eigenvalue weighted by molar-refractivity contribution is 5.78. The van der Waals surface area contributed by atoms with Gasteiger partial charge in [-0.2, -0.15) is 0 Å². The van der Waals surface area contributed by atoms with E-state index >= 15 is 0 Å². The second-order valence-corrected chi connectivity index (χ2v) is 6.84. The first-order valence-corrected chi connectivity index (χ1v) is 9.09. The number of nitrogens with two attached hydrogens (primary N) is 1. The standard InChI is InChI=1S/C19H27N3O4/c1-25-18-7-6-16-19(22-18)12(8-9-21-16)2-3-14-4-5-15(20)17(26-14)10-13(24)11-23/h6-9,13-15,17,23-24H,2-5,10-11,20H2,1H3/t13?,14-,15-,17-/m1/s1. The van der Waals surface area contributed by atoms with Gasteiger partial charge in [-0.1, -0.05) is 0 Å². The molecule has 1 aliphatic rings. The van der Waals surface area contributed by atoms with E-state index in [-0.39, 0.29) is 24.9 Å². The van der Waals surface area contributed by atoms with Crippen LogP contribution in [0.4, 0.5) is 0 Å². The average molecular weight is 361 g/mol. The van der Waals surface area contributed by atoms with Gasteiger partial charge in [-0.05, 0) is 43.4 Å². The van der Waals surface area contributed by atoms with E-state index in [1.807, 2.05) is 18.2 Å². The second kappa shape index (κ2) is 8.73. The Bertz CT molecular complexity index is 727. The van der Waals surface area contributed by atoms with Gasteiger partial charge in [-0.3, -0.25) is 4.98 Å².